The summed E-state index contributed by atoms with van der Waals surface area (Å²) in [7, 11) is 0. The molecule has 1 aliphatic rings. The lowest BCUT2D eigenvalue weighted by molar-refractivity contribution is 0.486. The Labute approximate surface area is 96.5 Å². The maximum atomic E-state index is 13.0. The summed E-state index contributed by atoms with van der Waals surface area (Å²) >= 11 is 0. The van der Waals surface area contributed by atoms with Crippen LogP contribution in [0.15, 0.2) is 36.4 Å². The maximum absolute atomic E-state index is 13.0. The van der Waals surface area contributed by atoms with Gasteiger partial charge in [-0.1, -0.05) is 38.1 Å². The highest BCUT2D eigenvalue weighted by atomic mass is 19.1. The van der Waals surface area contributed by atoms with Crippen LogP contribution >= 0.6 is 0 Å². The van der Waals surface area contributed by atoms with Crippen molar-refractivity contribution in [3.63, 3.8) is 0 Å². The van der Waals surface area contributed by atoms with E-state index < -0.39 is 0 Å². The van der Waals surface area contributed by atoms with E-state index in [1.165, 1.54) is 11.6 Å². The van der Waals surface area contributed by atoms with Crippen LogP contribution < -0.4 is 0 Å². The predicted octanol–water partition coefficient (Wildman–Crippen LogP) is 4.50. The number of aryl methyl sites for hydroxylation is 1. The van der Waals surface area contributed by atoms with E-state index >= 15 is 0 Å². The molecule has 0 bridgehead atoms. The Balaban J connectivity index is 2.45. The van der Waals surface area contributed by atoms with Crippen LogP contribution in [0.1, 0.15) is 31.4 Å². The zero-order valence-electron chi connectivity index (χ0n) is 10.0. The Morgan fingerprint density at radius 1 is 1.25 bits per heavy atom. The van der Waals surface area contributed by atoms with Crippen molar-refractivity contribution < 1.29 is 4.39 Å². The lowest BCUT2D eigenvalue weighted by Gasteiger charge is -2.24. The first-order chi connectivity index (χ1) is 7.48. The van der Waals surface area contributed by atoms with E-state index in [4.69, 9.17) is 0 Å². The monoisotopic (exact) mass is 216 g/mol. The summed E-state index contributed by atoms with van der Waals surface area (Å²) in [6, 6.07) is 4.98. The molecule has 0 N–H and O–H groups in total. The minimum Gasteiger partial charge on any atom is -0.207 e. The van der Waals surface area contributed by atoms with Crippen LogP contribution in [0.4, 0.5) is 4.39 Å². The molecular formula is C15H17F. The number of halogens is 1. The number of hydrogen-bond donors (Lipinski definition) is 0. The number of rotatable bonds is 1. The number of hydrogen-bond acceptors (Lipinski definition) is 0. The molecule has 0 amide bonds. The predicted molar refractivity (Wildman–Crippen MR) is 66.7 cm³/mol. The van der Waals surface area contributed by atoms with Gasteiger partial charge in [-0.25, -0.2) is 4.39 Å². The fourth-order valence-electron chi connectivity index (χ4n) is 2.14. The molecule has 0 fully saturated rings. The third-order valence-electron chi connectivity index (χ3n) is 2.99. The van der Waals surface area contributed by atoms with Gasteiger partial charge in [0, 0.05) is 0 Å². The molecule has 0 aliphatic heterocycles. The summed E-state index contributed by atoms with van der Waals surface area (Å²) in [5.41, 5.74) is 3.53. The molecule has 84 valence electrons. The van der Waals surface area contributed by atoms with E-state index in [2.05, 4.69) is 32.1 Å². The first kappa shape index (κ1) is 11.1. The van der Waals surface area contributed by atoms with Gasteiger partial charge in [0.25, 0.3) is 0 Å². The highest BCUT2D eigenvalue weighted by molar-refractivity contribution is 5.77. The van der Waals surface area contributed by atoms with Gasteiger partial charge in [0.05, 0.1) is 0 Å². The van der Waals surface area contributed by atoms with E-state index in [-0.39, 0.29) is 11.2 Å². The molecule has 2 rings (SSSR count). The third kappa shape index (κ3) is 2.24. The number of allylic oxidation sites excluding steroid dienone is 4. The van der Waals surface area contributed by atoms with Crippen LogP contribution in [0.25, 0.3) is 5.57 Å². The van der Waals surface area contributed by atoms with E-state index in [9.17, 15) is 4.39 Å². The topological polar surface area (TPSA) is 0 Å². The summed E-state index contributed by atoms with van der Waals surface area (Å²) in [5, 5.41) is 0. The molecule has 1 aromatic carbocycles. The fraction of sp³-hybridized carbons (Fsp3) is 0.333. The van der Waals surface area contributed by atoms with E-state index in [0.29, 0.717) is 0 Å². The quantitative estimate of drug-likeness (QED) is 0.648. The smallest absolute Gasteiger partial charge is 0.123 e. The molecule has 1 aliphatic carbocycles. The second-order valence-electron chi connectivity index (χ2n) is 5.15. The van der Waals surface area contributed by atoms with Crippen molar-refractivity contribution in [3.05, 3.63) is 53.4 Å². The number of benzene rings is 1. The van der Waals surface area contributed by atoms with Crippen LogP contribution in [0.2, 0.25) is 0 Å². The molecule has 0 radical (unpaired) electrons. The van der Waals surface area contributed by atoms with Gasteiger partial charge in [0.15, 0.2) is 0 Å². The SMILES string of the molecule is Cc1cc(F)ccc1C1=CC(C)(C)CC=C1. The highest BCUT2D eigenvalue weighted by Crippen LogP contribution is 2.34. The molecule has 0 saturated carbocycles. The zero-order chi connectivity index (χ0) is 11.8. The lowest BCUT2D eigenvalue weighted by Crippen LogP contribution is -2.09. The van der Waals surface area contributed by atoms with E-state index in [1.54, 1.807) is 6.07 Å². The van der Waals surface area contributed by atoms with Gasteiger partial charge in [0.2, 0.25) is 0 Å². The van der Waals surface area contributed by atoms with Crippen molar-refractivity contribution in [1.29, 1.82) is 0 Å². The molecule has 0 nitrogen and oxygen atoms in total. The van der Waals surface area contributed by atoms with Gasteiger partial charge in [-0.2, -0.15) is 0 Å². The van der Waals surface area contributed by atoms with Gasteiger partial charge >= 0.3 is 0 Å². The Hall–Kier alpha value is -1.37. The summed E-state index contributed by atoms with van der Waals surface area (Å²) in [5.74, 6) is -0.166. The van der Waals surface area contributed by atoms with Crippen molar-refractivity contribution in [2.45, 2.75) is 27.2 Å². The van der Waals surface area contributed by atoms with E-state index in [0.717, 1.165) is 17.5 Å². The Kier molecular flexibility index (Phi) is 2.71. The molecule has 0 unspecified atom stereocenters. The van der Waals surface area contributed by atoms with Crippen LogP contribution in [0.5, 0.6) is 0 Å². The van der Waals surface area contributed by atoms with E-state index in [1.807, 2.05) is 13.0 Å². The van der Waals surface area contributed by atoms with Crippen molar-refractivity contribution in [2.24, 2.45) is 5.41 Å². The second-order valence-corrected chi connectivity index (χ2v) is 5.15. The first-order valence-electron chi connectivity index (χ1n) is 5.64. The maximum Gasteiger partial charge on any atom is 0.123 e. The summed E-state index contributed by atoms with van der Waals surface area (Å²) in [6.45, 7) is 6.39. The van der Waals surface area contributed by atoms with Gasteiger partial charge in [-0.05, 0) is 47.6 Å². The second kappa shape index (κ2) is 3.89. The van der Waals surface area contributed by atoms with Gasteiger partial charge in [0.1, 0.15) is 5.82 Å². The van der Waals surface area contributed by atoms with Crippen LogP contribution in [-0.2, 0) is 0 Å². The van der Waals surface area contributed by atoms with Crippen LogP contribution in [-0.4, -0.2) is 0 Å². The van der Waals surface area contributed by atoms with Crippen molar-refractivity contribution in [1.82, 2.24) is 0 Å². The lowest BCUT2D eigenvalue weighted by atomic mass is 9.81. The molecular weight excluding hydrogens is 199 g/mol. The summed E-state index contributed by atoms with van der Waals surface area (Å²) in [4.78, 5) is 0. The van der Waals surface area contributed by atoms with Gasteiger partial charge in [-0.3, -0.25) is 0 Å². The molecule has 1 heteroatoms. The molecule has 0 atom stereocenters. The summed E-state index contributed by atoms with van der Waals surface area (Å²) in [6.07, 6.45) is 7.66. The normalized spacial score (nSPS) is 18.4. The Bertz CT molecular complexity index is 464. The largest absolute Gasteiger partial charge is 0.207 e. The zero-order valence-corrected chi connectivity index (χ0v) is 10.0. The molecule has 0 saturated heterocycles. The molecule has 0 aromatic heterocycles. The average Bonchev–Trinajstić information content (AvgIpc) is 2.15. The van der Waals surface area contributed by atoms with Crippen LogP contribution in [0, 0.1) is 18.2 Å². The fourth-order valence-corrected chi connectivity index (χ4v) is 2.14. The Morgan fingerprint density at radius 3 is 2.62 bits per heavy atom. The summed E-state index contributed by atoms with van der Waals surface area (Å²) < 4.78 is 13.0. The van der Waals surface area contributed by atoms with Crippen molar-refractivity contribution >= 4 is 5.57 Å². The van der Waals surface area contributed by atoms with Gasteiger partial charge in [-0.15, -0.1) is 0 Å². The standard InChI is InChI=1S/C15H17F/c1-11-9-13(16)6-7-14(11)12-5-4-8-15(2,3)10-12/h4-7,9-10H,8H2,1-3H3. The molecule has 16 heavy (non-hydrogen) atoms. The third-order valence-corrected chi connectivity index (χ3v) is 2.99. The first-order valence-corrected chi connectivity index (χ1v) is 5.64. The van der Waals surface area contributed by atoms with Gasteiger partial charge < -0.3 is 0 Å². The van der Waals surface area contributed by atoms with Crippen LogP contribution in [0.3, 0.4) is 0 Å². The average molecular weight is 216 g/mol. The minimum absolute atomic E-state index is 0.166. The minimum atomic E-state index is -0.166. The van der Waals surface area contributed by atoms with Crippen molar-refractivity contribution in [3.8, 4) is 0 Å². The highest BCUT2D eigenvalue weighted by Gasteiger charge is 2.18. The molecule has 1 aromatic rings. The molecule has 0 heterocycles. The molecule has 0 spiro atoms. The Morgan fingerprint density at radius 2 is 2.00 bits per heavy atom. The van der Waals surface area contributed by atoms with Crippen molar-refractivity contribution in [2.75, 3.05) is 0 Å².